The molecule has 0 aliphatic rings. The third kappa shape index (κ3) is 3.16. The van der Waals surface area contributed by atoms with Gasteiger partial charge in [-0.2, -0.15) is 0 Å². The summed E-state index contributed by atoms with van der Waals surface area (Å²) in [6, 6.07) is 5.81. The molecular weight excluding hydrogens is 377 g/mol. The van der Waals surface area contributed by atoms with Crippen LogP contribution < -0.4 is 10.1 Å². The van der Waals surface area contributed by atoms with E-state index >= 15 is 0 Å². The summed E-state index contributed by atoms with van der Waals surface area (Å²) < 4.78 is 6.27. The van der Waals surface area contributed by atoms with E-state index in [2.05, 4.69) is 37.9 Å². The molecule has 1 aromatic heterocycles. The molecule has 0 spiro atoms. The van der Waals surface area contributed by atoms with Crippen LogP contribution in [-0.2, 0) is 0 Å². The van der Waals surface area contributed by atoms with E-state index in [1.165, 1.54) is 0 Å². The Morgan fingerprint density at radius 3 is 2.68 bits per heavy atom. The van der Waals surface area contributed by atoms with E-state index in [0.29, 0.717) is 5.88 Å². The quantitative estimate of drug-likeness (QED) is 0.817. The van der Waals surface area contributed by atoms with Gasteiger partial charge in [-0.3, -0.25) is 4.98 Å². The number of rotatable bonds is 4. The number of nitrogens with one attached hydrogen (secondary N) is 1. The molecule has 1 aromatic carbocycles. The van der Waals surface area contributed by atoms with Crippen LogP contribution in [0.2, 0.25) is 5.02 Å². The van der Waals surface area contributed by atoms with Crippen molar-refractivity contribution >= 4 is 34.2 Å². The van der Waals surface area contributed by atoms with Crippen LogP contribution in [0.15, 0.2) is 30.6 Å². The number of hydrogen-bond donors (Lipinski definition) is 1. The second kappa shape index (κ2) is 6.49. The average Bonchev–Trinajstić information content (AvgIpc) is 2.44. The number of methoxy groups -OCH3 is 1. The van der Waals surface area contributed by atoms with Crippen molar-refractivity contribution in [1.82, 2.24) is 15.3 Å². The summed E-state index contributed by atoms with van der Waals surface area (Å²) in [4.78, 5) is 8.53. The zero-order valence-corrected chi connectivity index (χ0v) is 13.4. The van der Waals surface area contributed by atoms with Crippen molar-refractivity contribution in [3.8, 4) is 5.88 Å². The molecule has 0 radical (unpaired) electrons. The zero-order chi connectivity index (χ0) is 13.8. The fourth-order valence-electron chi connectivity index (χ4n) is 1.84. The van der Waals surface area contributed by atoms with Crippen LogP contribution in [0, 0.1) is 3.57 Å². The highest BCUT2D eigenvalue weighted by Gasteiger charge is 2.19. The van der Waals surface area contributed by atoms with Crippen LogP contribution in [0.3, 0.4) is 0 Å². The maximum atomic E-state index is 6.17. The Morgan fingerprint density at radius 2 is 2.05 bits per heavy atom. The maximum absolute atomic E-state index is 6.17. The van der Waals surface area contributed by atoms with Crippen LogP contribution in [0.1, 0.15) is 17.3 Å². The van der Waals surface area contributed by atoms with Crippen molar-refractivity contribution in [2.45, 2.75) is 6.04 Å². The first-order valence-corrected chi connectivity index (χ1v) is 7.10. The fourth-order valence-corrected chi connectivity index (χ4v) is 2.37. The number of benzene rings is 1. The van der Waals surface area contributed by atoms with E-state index in [9.17, 15) is 0 Å². The summed E-state index contributed by atoms with van der Waals surface area (Å²) >= 11 is 8.37. The largest absolute Gasteiger partial charge is 0.480 e. The van der Waals surface area contributed by atoms with Crippen LogP contribution in [-0.4, -0.2) is 24.1 Å². The molecule has 100 valence electrons. The average molecular weight is 390 g/mol. The van der Waals surface area contributed by atoms with Crippen LogP contribution in [0.25, 0.3) is 0 Å². The lowest BCUT2D eigenvalue weighted by atomic mass is 10.0. The van der Waals surface area contributed by atoms with Gasteiger partial charge in [0, 0.05) is 16.0 Å². The molecule has 4 nitrogen and oxygen atoms in total. The SMILES string of the molecule is CNC(c1ccc(I)c(Cl)c1)c1nccnc1OC. The summed E-state index contributed by atoms with van der Waals surface area (Å²) in [5, 5.41) is 3.94. The van der Waals surface area contributed by atoms with E-state index in [4.69, 9.17) is 16.3 Å². The summed E-state index contributed by atoms with van der Waals surface area (Å²) in [5.74, 6) is 0.511. The van der Waals surface area contributed by atoms with E-state index in [1.54, 1.807) is 19.5 Å². The Hall–Kier alpha value is -0.920. The second-order valence-corrected chi connectivity index (χ2v) is 5.42. The Bertz CT molecular complexity index is 580. The van der Waals surface area contributed by atoms with Gasteiger partial charge in [0.05, 0.1) is 18.2 Å². The van der Waals surface area contributed by atoms with E-state index < -0.39 is 0 Å². The molecular formula is C13H13ClIN3O. The van der Waals surface area contributed by atoms with E-state index in [0.717, 1.165) is 19.9 Å². The maximum Gasteiger partial charge on any atom is 0.237 e. The van der Waals surface area contributed by atoms with Gasteiger partial charge in [-0.25, -0.2) is 4.98 Å². The minimum Gasteiger partial charge on any atom is -0.480 e. The van der Waals surface area contributed by atoms with Crippen molar-refractivity contribution in [2.24, 2.45) is 0 Å². The molecule has 6 heteroatoms. The Labute approximate surface area is 130 Å². The highest BCUT2D eigenvalue weighted by Crippen LogP contribution is 2.29. The predicted octanol–water partition coefficient (Wildman–Crippen LogP) is 3.05. The first-order chi connectivity index (χ1) is 9.17. The normalized spacial score (nSPS) is 12.2. The van der Waals surface area contributed by atoms with Crippen molar-refractivity contribution < 1.29 is 4.74 Å². The molecule has 19 heavy (non-hydrogen) atoms. The molecule has 0 amide bonds. The molecule has 0 aliphatic heterocycles. The van der Waals surface area contributed by atoms with Crippen molar-refractivity contribution in [3.63, 3.8) is 0 Å². The first-order valence-electron chi connectivity index (χ1n) is 5.64. The van der Waals surface area contributed by atoms with Gasteiger partial charge in [-0.15, -0.1) is 0 Å². The smallest absolute Gasteiger partial charge is 0.237 e. The number of halogens is 2. The van der Waals surface area contributed by atoms with Gasteiger partial charge in [0.25, 0.3) is 0 Å². The van der Waals surface area contributed by atoms with Crippen LogP contribution in [0.5, 0.6) is 5.88 Å². The molecule has 0 saturated carbocycles. The molecule has 1 heterocycles. The predicted molar refractivity (Wildman–Crippen MR) is 83.7 cm³/mol. The molecule has 2 rings (SSSR count). The van der Waals surface area contributed by atoms with Crippen molar-refractivity contribution in [1.29, 1.82) is 0 Å². The van der Waals surface area contributed by atoms with Crippen LogP contribution >= 0.6 is 34.2 Å². The minimum absolute atomic E-state index is 0.113. The molecule has 1 unspecified atom stereocenters. The highest BCUT2D eigenvalue weighted by molar-refractivity contribution is 14.1. The third-order valence-electron chi connectivity index (χ3n) is 2.72. The van der Waals surface area contributed by atoms with E-state index in [1.807, 2.05) is 25.2 Å². The van der Waals surface area contributed by atoms with Gasteiger partial charge >= 0.3 is 0 Å². The summed E-state index contributed by atoms with van der Waals surface area (Å²) in [6.45, 7) is 0. The summed E-state index contributed by atoms with van der Waals surface area (Å²) in [6.07, 6.45) is 3.26. The van der Waals surface area contributed by atoms with E-state index in [-0.39, 0.29) is 6.04 Å². The fraction of sp³-hybridized carbons (Fsp3) is 0.231. The molecule has 2 aromatic rings. The highest BCUT2D eigenvalue weighted by atomic mass is 127. The lowest BCUT2D eigenvalue weighted by Crippen LogP contribution is -2.20. The Morgan fingerprint density at radius 1 is 1.32 bits per heavy atom. The van der Waals surface area contributed by atoms with Crippen molar-refractivity contribution in [3.05, 3.63) is 50.4 Å². The summed E-state index contributed by atoms with van der Waals surface area (Å²) in [7, 11) is 3.45. The molecule has 1 N–H and O–H groups in total. The van der Waals surface area contributed by atoms with Gasteiger partial charge in [0.2, 0.25) is 5.88 Å². The molecule has 0 bridgehead atoms. The Kier molecular flexibility index (Phi) is 4.95. The van der Waals surface area contributed by atoms with Gasteiger partial charge in [0.1, 0.15) is 5.69 Å². The first kappa shape index (κ1) is 14.5. The van der Waals surface area contributed by atoms with Crippen molar-refractivity contribution in [2.75, 3.05) is 14.2 Å². The van der Waals surface area contributed by atoms with Gasteiger partial charge in [-0.1, -0.05) is 17.7 Å². The topological polar surface area (TPSA) is 47.0 Å². The lowest BCUT2D eigenvalue weighted by Gasteiger charge is -2.18. The standard InChI is InChI=1S/C13H13ClIN3O/c1-16-11(8-3-4-10(15)9(14)7-8)12-13(19-2)18-6-5-17-12/h3-7,11,16H,1-2H3. The van der Waals surface area contributed by atoms with Gasteiger partial charge < -0.3 is 10.1 Å². The molecule has 0 saturated heterocycles. The Balaban J connectivity index is 2.46. The summed E-state index contributed by atoms with van der Waals surface area (Å²) in [5.41, 5.74) is 1.76. The molecule has 0 aliphatic carbocycles. The lowest BCUT2D eigenvalue weighted by molar-refractivity contribution is 0.384. The van der Waals surface area contributed by atoms with Gasteiger partial charge in [-0.05, 0) is 47.3 Å². The van der Waals surface area contributed by atoms with Crippen LogP contribution in [0.4, 0.5) is 0 Å². The van der Waals surface area contributed by atoms with Gasteiger partial charge in [0.15, 0.2) is 0 Å². The number of nitrogens with zero attached hydrogens (tertiary/aromatic N) is 2. The minimum atomic E-state index is -0.113. The number of aromatic nitrogens is 2. The number of hydrogen-bond acceptors (Lipinski definition) is 4. The molecule has 0 fully saturated rings. The third-order valence-corrected chi connectivity index (χ3v) is 4.30. The monoisotopic (exact) mass is 389 g/mol. The number of ether oxygens (including phenoxy) is 1. The molecule has 1 atom stereocenters. The second-order valence-electron chi connectivity index (χ2n) is 3.85. The zero-order valence-electron chi connectivity index (χ0n) is 10.5.